The van der Waals surface area contributed by atoms with E-state index < -0.39 is 5.92 Å². The van der Waals surface area contributed by atoms with E-state index in [2.05, 4.69) is 25.1 Å². The second-order valence-corrected chi connectivity index (χ2v) is 5.45. The van der Waals surface area contributed by atoms with Gasteiger partial charge in [0, 0.05) is 6.20 Å². The molecular formula is C14H10N6OS. The Morgan fingerprint density at radius 1 is 1.41 bits per heavy atom. The van der Waals surface area contributed by atoms with Crippen molar-refractivity contribution in [1.29, 1.82) is 5.26 Å². The van der Waals surface area contributed by atoms with Crippen LogP contribution in [0.3, 0.4) is 0 Å². The van der Waals surface area contributed by atoms with Crippen LogP contribution in [0.2, 0.25) is 0 Å². The Kier molecular flexibility index (Phi) is 3.72. The predicted molar refractivity (Wildman–Crippen MR) is 79.1 cm³/mol. The number of aromatic amines is 1. The lowest BCUT2D eigenvalue weighted by Crippen LogP contribution is -2.12. The minimum Gasteiger partial charge on any atom is -0.291 e. The fraction of sp³-hybridized carbons (Fsp3) is 0.143. The standard InChI is InChI=1S/C14H10N6OS/c1-8-12(22-14(19-8)13-17-7-18-20-13)11(21)9(6-15)10-4-2-3-5-16-10/h2-5,7,9H,1H3,(H,17,18,20). The van der Waals surface area contributed by atoms with Gasteiger partial charge in [-0.1, -0.05) is 6.07 Å². The quantitative estimate of drug-likeness (QED) is 0.739. The highest BCUT2D eigenvalue weighted by Gasteiger charge is 2.27. The average molecular weight is 310 g/mol. The van der Waals surface area contributed by atoms with Gasteiger partial charge < -0.3 is 0 Å². The molecule has 22 heavy (non-hydrogen) atoms. The number of Topliss-reactive ketones (excluding diaryl/α,β-unsaturated/α-hetero) is 1. The van der Waals surface area contributed by atoms with Crippen molar-refractivity contribution in [2.75, 3.05) is 0 Å². The van der Waals surface area contributed by atoms with Gasteiger partial charge in [-0.05, 0) is 19.1 Å². The third kappa shape index (κ3) is 2.49. The van der Waals surface area contributed by atoms with E-state index in [4.69, 9.17) is 0 Å². The molecule has 7 nitrogen and oxygen atoms in total. The van der Waals surface area contributed by atoms with Gasteiger partial charge >= 0.3 is 0 Å². The molecule has 1 unspecified atom stereocenters. The lowest BCUT2D eigenvalue weighted by Gasteiger charge is -2.05. The Balaban J connectivity index is 1.97. The van der Waals surface area contributed by atoms with E-state index in [1.165, 1.54) is 17.7 Å². The summed E-state index contributed by atoms with van der Waals surface area (Å²) in [4.78, 5) is 25.5. The smallest absolute Gasteiger partial charge is 0.197 e. The van der Waals surface area contributed by atoms with Gasteiger partial charge in [-0.25, -0.2) is 9.97 Å². The average Bonchev–Trinajstić information content (AvgIpc) is 3.18. The van der Waals surface area contributed by atoms with Gasteiger partial charge in [-0.2, -0.15) is 10.4 Å². The maximum atomic E-state index is 12.6. The number of aromatic nitrogens is 5. The summed E-state index contributed by atoms with van der Waals surface area (Å²) in [5, 5.41) is 16.4. The summed E-state index contributed by atoms with van der Waals surface area (Å²) in [6.45, 7) is 1.73. The lowest BCUT2D eigenvalue weighted by molar-refractivity contribution is 0.0980. The molecule has 1 atom stereocenters. The highest BCUT2D eigenvalue weighted by molar-refractivity contribution is 7.17. The van der Waals surface area contributed by atoms with Crippen LogP contribution < -0.4 is 0 Å². The number of nitrogens with zero attached hydrogens (tertiary/aromatic N) is 5. The van der Waals surface area contributed by atoms with E-state index in [1.54, 1.807) is 31.3 Å². The minimum absolute atomic E-state index is 0.304. The van der Waals surface area contributed by atoms with Crippen LogP contribution in [0.5, 0.6) is 0 Å². The first-order valence-electron chi connectivity index (χ1n) is 6.38. The SMILES string of the molecule is Cc1nc(-c2ncn[nH]2)sc1C(=O)C(C#N)c1ccccn1. The van der Waals surface area contributed by atoms with Gasteiger partial charge in [-0.3, -0.25) is 14.9 Å². The second kappa shape index (κ2) is 5.83. The molecule has 3 rings (SSSR count). The molecule has 108 valence electrons. The molecule has 0 spiro atoms. The van der Waals surface area contributed by atoms with Gasteiger partial charge in [0.2, 0.25) is 0 Å². The Labute approximate surface area is 129 Å². The van der Waals surface area contributed by atoms with E-state index in [0.717, 1.165) is 0 Å². The zero-order valence-electron chi connectivity index (χ0n) is 11.5. The summed E-state index contributed by atoms with van der Waals surface area (Å²) >= 11 is 1.19. The first-order valence-corrected chi connectivity index (χ1v) is 7.20. The van der Waals surface area contributed by atoms with E-state index >= 15 is 0 Å². The normalized spacial score (nSPS) is 11.8. The third-order valence-electron chi connectivity index (χ3n) is 3.01. The maximum absolute atomic E-state index is 12.6. The van der Waals surface area contributed by atoms with Crippen molar-refractivity contribution < 1.29 is 4.79 Å². The van der Waals surface area contributed by atoms with E-state index in [0.29, 0.717) is 27.1 Å². The number of carbonyl (C=O) groups excluding carboxylic acids is 1. The predicted octanol–water partition coefficient (Wildman–Crippen LogP) is 2.12. The van der Waals surface area contributed by atoms with E-state index in [1.807, 2.05) is 6.07 Å². The highest BCUT2D eigenvalue weighted by atomic mass is 32.1. The first kappa shape index (κ1) is 14.0. The molecule has 1 N–H and O–H groups in total. The largest absolute Gasteiger partial charge is 0.291 e. The molecular weight excluding hydrogens is 300 g/mol. The number of hydrogen-bond donors (Lipinski definition) is 1. The van der Waals surface area contributed by atoms with E-state index in [-0.39, 0.29) is 5.78 Å². The van der Waals surface area contributed by atoms with Crippen LogP contribution in [0.4, 0.5) is 0 Å². The van der Waals surface area contributed by atoms with Crippen molar-refractivity contribution in [3.63, 3.8) is 0 Å². The molecule has 3 heterocycles. The number of hydrogen-bond acceptors (Lipinski definition) is 7. The molecule has 0 saturated carbocycles. The summed E-state index contributed by atoms with van der Waals surface area (Å²) in [6.07, 6.45) is 2.94. The zero-order chi connectivity index (χ0) is 15.5. The van der Waals surface area contributed by atoms with Gasteiger partial charge in [0.15, 0.2) is 22.5 Å². The molecule has 0 aliphatic rings. The number of nitrogens with one attached hydrogen (secondary N) is 1. The van der Waals surface area contributed by atoms with Crippen LogP contribution in [0.1, 0.15) is 27.0 Å². The molecule has 0 aromatic carbocycles. The monoisotopic (exact) mass is 310 g/mol. The van der Waals surface area contributed by atoms with Crippen LogP contribution in [-0.4, -0.2) is 30.9 Å². The molecule has 3 aromatic heterocycles. The molecule has 0 aliphatic heterocycles. The Bertz CT molecular complexity index is 834. The Hall–Kier alpha value is -2.92. The first-order chi connectivity index (χ1) is 10.7. The van der Waals surface area contributed by atoms with Crippen molar-refractivity contribution in [1.82, 2.24) is 25.1 Å². The zero-order valence-corrected chi connectivity index (χ0v) is 12.3. The third-order valence-corrected chi connectivity index (χ3v) is 4.19. The maximum Gasteiger partial charge on any atom is 0.197 e. The summed E-state index contributed by atoms with van der Waals surface area (Å²) < 4.78 is 0. The second-order valence-electron chi connectivity index (χ2n) is 4.45. The molecule has 0 bridgehead atoms. The molecule has 0 saturated heterocycles. The van der Waals surface area contributed by atoms with Crippen LogP contribution in [0.25, 0.3) is 10.8 Å². The van der Waals surface area contributed by atoms with Gasteiger partial charge in [-0.15, -0.1) is 11.3 Å². The number of thiazole rings is 1. The van der Waals surface area contributed by atoms with Gasteiger partial charge in [0.25, 0.3) is 0 Å². The van der Waals surface area contributed by atoms with Crippen molar-refractivity contribution in [2.45, 2.75) is 12.8 Å². The summed E-state index contributed by atoms with van der Waals surface area (Å²) in [5.74, 6) is -0.747. The number of nitriles is 1. The van der Waals surface area contributed by atoms with Crippen LogP contribution >= 0.6 is 11.3 Å². The summed E-state index contributed by atoms with van der Waals surface area (Å²) in [7, 11) is 0. The number of pyridine rings is 1. The van der Waals surface area contributed by atoms with E-state index in [9.17, 15) is 10.1 Å². The molecule has 0 aliphatic carbocycles. The summed E-state index contributed by atoms with van der Waals surface area (Å²) in [5.41, 5.74) is 1.00. The molecule has 8 heteroatoms. The molecule has 0 radical (unpaired) electrons. The number of rotatable bonds is 4. The molecule has 0 fully saturated rings. The topological polar surface area (TPSA) is 108 Å². The molecule has 0 amide bonds. The Morgan fingerprint density at radius 2 is 2.27 bits per heavy atom. The van der Waals surface area contributed by atoms with Crippen molar-refractivity contribution in [3.8, 4) is 16.9 Å². The Morgan fingerprint density at radius 3 is 2.91 bits per heavy atom. The van der Waals surface area contributed by atoms with Crippen molar-refractivity contribution in [2.24, 2.45) is 0 Å². The number of aryl methyl sites for hydroxylation is 1. The fourth-order valence-corrected chi connectivity index (χ4v) is 2.95. The fourth-order valence-electron chi connectivity index (χ4n) is 1.97. The number of carbonyl (C=O) groups is 1. The van der Waals surface area contributed by atoms with Crippen LogP contribution in [0.15, 0.2) is 30.7 Å². The van der Waals surface area contributed by atoms with Crippen molar-refractivity contribution in [3.05, 3.63) is 47.0 Å². The number of H-pyrrole nitrogens is 1. The molecule has 3 aromatic rings. The highest BCUT2D eigenvalue weighted by Crippen LogP contribution is 2.29. The summed E-state index contributed by atoms with van der Waals surface area (Å²) in [6, 6.07) is 7.17. The lowest BCUT2D eigenvalue weighted by atomic mass is 9.99. The van der Waals surface area contributed by atoms with Crippen molar-refractivity contribution >= 4 is 17.1 Å². The van der Waals surface area contributed by atoms with Gasteiger partial charge in [0.1, 0.15) is 6.33 Å². The minimum atomic E-state index is -0.942. The van der Waals surface area contributed by atoms with Crippen LogP contribution in [-0.2, 0) is 0 Å². The van der Waals surface area contributed by atoms with Crippen LogP contribution in [0, 0.1) is 18.3 Å². The number of ketones is 1. The van der Waals surface area contributed by atoms with Gasteiger partial charge in [0.05, 0.1) is 22.3 Å².